The lowest BCUT2D eigenvalue weighted by atomic mass is 9.91. The summed E-state index contributed by atoms with van der Waals surface area (Å²) in [5.41, 5.74) is 1.53. The monoisotopic (exact) mass is 287 g/mol. The summed E-state index contributed by atoms with van der Waals surface area (Å²) < 4.78 is 1.43. The first kappa shape index (κ1) is 14.1. The molecule has 0 aliphatic heterocycles. The van der Waals surface area contributed by atoms with Crippen molar-refractivity contribution in [3.63, 3.8) is 0 Å². The number of rotatable bonds is 5. The van der Waals surface area contributed by atoms with Crippen LogP contribution in [0.4, 0.5) is 0 Å². The fourth-order valence-corrected chi connectivity index (χ4v) is 4.76. The van der Waals surface area contributed by atoms with E-state index in [1.807, 2.05) is 11.3 Å². The van der Waals surface area contributed by atoms with E-state index in [4.69, 9.17) is 0 Å². The molecule has 1 aromatic carbocycles. The van der Waals surface area contributed by atoms with Crippen molar-refractivity contribution in [3.8, 4) is 0 Å². The number of benzene rings is 1. The summed E-state index contributed by atoms with van der Waals surface area (Å²) in [6.45, 7) is 2.34. The molecule has 20 heavy (non-hydrogen) atoms. The van der Waals surface area contributed by atoms with Gasteiger partial charge in [-0.1, -0.05) is 38.0 Å². The molecular weight excluding hydrogens is 262 g/mol. The highest BCUT2D eigenvalue weighted by Gasteiger charge is 2.29. The van der Waals surface area contributed by atoms with Crippen LogP contribution in [-0.2, 0) is 6.42 Å². The molecule has 1 fully saturated rings. The molecule has 1 saturated carbocycles. The van der Waals surface area contributed by atoms with Crippen molar-refractivity contribution in [2.75, 3.05) is 7.05 Å². The van der Waals surface area contributed by atoms with Gasteiger partial charge in [-0.3, -0.25) is 0 Å². The molecule has 2 heteroatoms. The van der Waals surface area contributed by atoms with E-state index in [1.54, 1.807) is 0 Å². The van der Waals surface area contributed by atoms with Gasteiger partial charge in [-0.2, -0.15) is 0 Å². The van der Waals surface area contributed by atoms with Gasteiger partial charge in [0, 0.05) is 10.7 Å². The Bertz CT molecular complexity index is 559. The lowest BCUT2D eigenvalue weighted by molar-refractivity contribution is 0.362. The van der Waals surface area contributed by atoms with Gasteiger partial charge in [0.15, 0.2) is 0 Å². The van der Waals surface area contributed by atoms with Crippen molar-refractivity contribution in [2.45, 2.75) is 45.1 Å². The Labute approximate surface area is 126 Å². The van der Waals surface area contributed by atoms with Crippen LogP contribution >= 0.6 is 11.3 Å². The van der Waals surface area contributed by atoms with Gasteiger partial charge in [-0.05, 0) is 60.5 Å². The van der Waals surface area contributed by atoms with Crippen LogP contribution in [0.25, 0.3) is 10.1 Å². The van der Waals surface area contributed by atoms with Gasteiger partial charge in [-0.15, -0.1) is 11.3 Å². The summed E-state index contributed by atoms with van der Waals surface area (Å²) in [6.07, 6.45) is 6.80. The molecule has 2 aromatic rings. The van der Waals surface area contributed by atoms with Crippen molar-refractivity contribution >= 4 is 21.4 Å². The quantitative estimate of drug-likeness (QED) is 0.828. The zero-order valence-corrected chi connectivity index (χ0v) is 13.4. The number of thiophene rings is 1. The predicted molar refractivity (Wildman–Crippen MR) is 89.5 cm³/mol. The molecule has 0 bridgehead atoms. The summed E-state index contributed by atoms with van der Waals surface area (Å²) in [6, 6.07) is 9.46. The predicted octanol–water partition coefficient (Wildman–Crippen LogP) is 4.86. The summed E-state index contributed by atoms with van der Waals surface area (Å²) in [7, 11) is 2.14. The van der Waals surface area contributed by atoms with Crippen LogP contribution in [-0.4, -0.2) is 13.1 Å². The molecule has 1 nitrogen and oxygen atoms in total. The Balaban J connectivity index is 1.75. The van der Waals surface area contributed by atoms with Gasteiger partial charge in [0.2, 0.25) is 0 Å². The number of hydrogen-bond acceptors (Lipinski definition) is 2. The molecule has 0 amide bonds. The van der Waals surface area contributed by atoms with Crippen molar-refractivity contribution < 1.29 is 0 Å². The minimum Gasteiger partial charge on any atom is -0.316 e. The summed E-state index contributed by atoms with van der Waals surface area (Å²) in [4.78, 5) is 0. The van der Waals surface area contributed by atoms with E-state index < -0.39 is 0 Å². The highest BCUT2D eigenvalue weighted by Crippen LogP contribution is 2.36. The zero-order chi connectivity index (χ0) is 13.9. The normalized spacial score (nSPS) is 24.3. The Hall–Kier alpha value is -0.860. The molecule has 3 unspecified atom stereocenters. The van der Waals surface area contributed by atoms with Gasteiger partial charge in [-0.25, -0.2) is 0 Å². The standard InChI is InChI=1S/C18H25NS/c1-3-13-8-9-14(10-13)17(19-2)11-15-12-20-18-7-5-4-6-16(15)18/h4-7,12-14,17,19H,3,8-11H2,1-2H3. The maximum absolute atomic E-state index is 3.60. The summed E-state index contributed by atoms with van der Waals surface area (Å²) >= 11 is 1.89. The second-order valence-corrected chi connectivity index (χ2v) is 7.12. The average Bonchev–Trinajstić information content (AvgIpc) is 3.11. The second-order valence-electron chi connectivity index (χ2n) is 6.20. The Morgan fingerprint density at radius 3 is 2.90 bits per heavy atom. The lowest BCUT2D eigenvalue weighted by Crippen LogP contribution is -2.34. The van der Waals surface area contributed by atoms with Crippen molar-refractivity contribution in [1.29, 1.82) is 0 Å². The second kappa shape index (κ2) is 6.28. The first-order valence-corrected chi connectivity index (χ1v) is 8.82. The van der Waals surface area contributed by atoms with Gasteiger partial charge in [0.25, 0.3) is 0 Å². The van der Waals surface area contributed by atoms with Gasteiger partial charge >= 0.3 is 0 Å². The summed E-state index contributed by atoms with van der Waals surface area (Å²) in [5.74, 6) is 1.83. The van der Waals surface area contributed by atoms with E-state index in [-0.39, 0.29) is 0 Å². The minimum absolute atomic E-state index is 0.643. The molecule has 0 radical (unpaired) electrons. The van der Waals surface area contributed by atoms with E-state index in [0.717, 1.165) is 11.8 Å². The van der Waals surface area contributed by atoms with Crippen LogP contribution in [0.3, 0.4) is 0 Å². The fraction of sp³-hybridized carbons (Fsp3) is 0.556. The number of fused-ring (bicyclic) bond motifs is 1. The molecule has 1 aliphatic rings. The average molecular weight is 287 g/mol. The van der Waals surface area contributed by atoms with Gasteiger partial charge in [0.05, 0.1) is 0 Å². The van der Waals surface area contributed by atoms with Crippen molar-refractivity contribution in [2.24, 2.45) is 11.8 Å². The van der Waals surface area contributed by atoms with E-state index in [0.29, 0.717) is 6.04 Å². The van der Waals surface area contributed by atoms with Gasteiger partial charge in [0.1, 0.15) is 0 Å². The molecule has 0 spiro atoms. The smallest absolute Gasteiger partial charge is 0.0345 e. The first-order valence-electron chi connectivity index (χ1n) is 7.94. The number of likely N-dealkylation sites (N-methyl/N-ethyl adjacent to an activating group) is 1. The van der Waals surface area contributed by atoms with Crippen LogP contribution in [0.2, 0.25) is 0 Å². The molecule has 3 rings (SSSR count). The minimum atomic E-state index is 0.643. The van der Waals surface area contributed by atoms with Crippen LogP contribution in [0.1, 0.15) is 38.2 Å². The van der Waals surface area contributed by atoms with Crippen molar-refractivity contribution in [3.05, 3.63) is 35.2 Å². The maximum atomic E-state index is 3.60. The lowest BCUT2D eigenvalue weighted by Gasteiger charge is -2.23. The first-order chi connectivity index (χ1) is 9.81. The number of hydrogen-bond donors (Lipinski definition) is 1. The maximum Gasteiger partial charge on any atom is 0.0345 e. The molecule has 1 aliphatic carbocycles. The SMILES string of the molecule is CCC1CCC(C(Cc2csc3ccccc23)NC)C1. The highest BCUT2D eigenvalue weighted by molar-refractivity contribution is 7.17. The fourth-order valence-electron chi connectivity index (χ4n) is 3.78. The molecule has 3 atom stereocenters. The zero-order valence-electron chi connectivity index (χ0n) is 12.6. The Morgan fingerprint density at radius 2 is 2.15 bits per heavy atom. The molecule has 0 saturated heterocycles. The third kappa shape index (κ3) is 2.77. The van der Waals surface area contributed by atoms with E-state index >= 15 is 0 Å². The number of nitrogens with one attached hydrogen (secondary N) is 1. The third-order valence-corrected chi connectivity index (χ3v) is 6.11. The van der Waals surface area contributed by atoms with Crippen molar-refractivity contribution in [1.82, 2.24) is 5.32 Å². The Kier molecular flexibility index (Phi) is 4.42. The van der Waals surface area contributed by atoms with Crippen LogP contribution < -0.4 is 5.32 Å². The van der Waals surface area contributed by atoms with Gasteiger partial charge < -0.3 is 5.32 Å². The van der Waals surface area contributed by atoms with E-state index in [1.165, 1.54) is 47.8 Å². The summed E-state index contributed by atoms with van der Waals surface area (Å²) in [5, 5.41) is 7.42. The molecule has 1 aromatic heterocycles. The van der Waals surface area contributed by atoms with E-state index in [9.17, 15) is 0 Å². The topological polar surface area (TPSA) is 12.0 Å². The molecule has 1 heterocycles. The Morgan fingerprint density at radius 1 is 1.30 bits per heavy atom. The van der Waals surface area contributed by atoms with Crippen LogP contribution in [0.15, 0.2) is 29.6 Å². The van der Waals surface area contributed by atoms with Crippen LogP contribution in [0.5, 0.6) is 0 Å². The van der Waals surface area contributed by atoms with E-state index in [2.05, 4.69) is 48.9 Å². The molecule has 108 valence electrons. The largest absolute Gasteiger partial charge is 0.316 e. The van der Waals surface area contributed by atoms with Crippen LogP contribution in [0, 0.1) is 11.8 Å². The molecule has 1 N–H and O–H groups in total. The molecular formula is C18H25NS. The highest BCUT2D eigenvalue weighted by atomic mass is 32.1. The third-order valence-electron chi connectivity index (χ3n) is 5.10.